The average Bonchev–Trinajstić information content (AvgIpc) is 2.79. The minimum absolute atomic E-state index is 0.317. The molecule has 0 atom stereocenters. The van der Waals surface area contributed by atoms with Gasteiger partial charge in [-0.3, -0.25) is 0 Å². The Morgan fingerprint density at radius 3 is 2.18 bits per heavy atom. The summed E-state index contributed by atoms with van der Waals surface area (Å²) in [5.74, 6) is 1.44. The van der Waals surface area contributed by atoms with Crippen LogP contribution in [0.1, 0.15) is 11.1 Å². The van der Waals surface area contributed by atoms with Crippen LogP contribution in [0.4, 0.5) is 27.9 Å². The molecule has 3 aromatic carbocycles. The first-order valence-electron chi connectivity index (χ1n) is 10.5. The molecule has 8 heteroatoms. The van der Waals surface area contributed by atoms with Crippen LogP contribution in [-0.2, 0) is 6.54 Å². The van der Waals surface area contributed by atoms with Gasteiger partial charge in [-0.2, -0.15) is 4.98 Å². The van der Waals surface area contributed by atoms with Crippen LogP contribution in [0.25, 0.3) is 10.9 Å². The number of anilines is 4. The number of rotatable bonds is 6. The number of carbonyl (C=O) groups is 1. The molecule has 0 spiro atoms. The largest absolute Gasteiger partial charge is 0.365 e. The highest BCUT2D eigenvalue weighted by Crippen LogP contribution is 2.25. The summed E-state index contributed by atoms with van der Waals surface area (Å²) < 4.78 is 0. The van der Waals surface area contributed by atoms with Crippen molar-refractivity contribution < 1.29 is 4.79 Å². The van der Waals surface area contributed by atoms with Crippen LogP contribution in [0.5, 0.6) is 0 Å². The topological polar surface area (TPSA) is 82.2 Å². The number of halogens is 1. The van der Waals surface area contributed by atoms with Crippen molar-refractivity contribution in [3.05, 3.63) is 82.9 Å². The van der Waals surface area contributed by atoms with Crippen LogP contribution in [0, 0.1) is 6.92 Å². The molecule has 4 aromatic rings. The number of nitrogens with one attached hydrogen (secondary N) is 3. The summed E-state index contributed by atoms with van der Waals surface area (Å²) in [6.45, 7) is 2.64. The highest BCUT2D eigenvalue weighted by Gasteiger charge is 2.10. The summed E-state index contributed by atoms with van der Waals surface area (Å²) in [6.07, 6.45) is 0. The summed E-state index contributed by atoms with van der Waals surface area (Å²) in [5.41, 5.74) is 4.47. The number of aromatic nitrogens is 2. The Morgan fingerprint density at radius 1 is 0.909 bits per heavy atom. The maximum atomic E-state index is 12.2. The molecule has 0 bridgehead atoms. The molecular formula is C25H25ClN6O. The van der Waals surface area contributed by atoms with Gasteiger partial charge in [-0.15, -0.1) is 0 Å². The number of hydrogen-bond acceptors (Lipinski definition) is 5. The first-order valence-corrected chi connectivity index (χ1v) is 10.9. The third kappa shape index (κ3) is 5.70. The van der Waals surface area contributed by atoms with E-state index in [1.54, 1.807) is 24.3 Å². The van der Waals surface area contributed by atoms with Gasteiger partial charge in [0, 0.05) is 42.4 Å². The van der Waals surface area contributed by atoms with Gasteiger partial charge in [0.1, 0.15) is 5.82 Å². The van der Waals surface area contributed by atoms with E-state index in [2.05, 4.69) is 38.9 Å². The molecule has 0 saturated carbocycles. The van der Waals surface area contributed by atoms with Crippen LogP contribution in [0.3, 0.4) is 0 Å². The van der Waals surface area contributed by atoms with Gasteiger partial charge in [0.05, 0.1) is 5.52 Å². The number of amides is 2. The number of hydrogen-bond donors (Lipinski definition) is 3. The molecule has 0 unspecified atom stereocenters. The highest BCUT2D eigenvalue weighted by atomic mass is 35.5. The number of benzene rings is 3. The molecule has 168 valence electrons. The Labute approximate surface area is 197 Å². The van der Waals surface area contributed by atoms with Crippen LogP contribution >= 0.6 is 11.6 Å². The Bertz CT molecular complexity index is 1270. The van der Waals surface area contributed by atoms with Gasteiger partial charge in [0.15, 0.2) is 0 Å². The maximum Gasteiger partial charge on any atom is 0.323 e. The second kappa shape index (κ2) is 9.75. The standard InChI is InChI=1S/C25H25ClN6O/c1-16-4-13-22-21(14-16)23(31-24(30-22)32(2)3)27-15-17-5-9-19(10-6-17)28-25(33)29-20-11-7-18(26)8-12-20/h4-14H,15H2,1-3H3,(H,27,30,31)(H2,28,29,33). The van der Waals surface area contributed by atoms with Crippen molar-refractivity contribution in [2.75, 3.05) is 34.9 Å². The molecule has 0 aliphatic heterocycles. The van der Waals surface area contributed by atoms with Gasteiger partial charge in [-0.25, -0.2) is 9.78 Å². The van der Waals surface area contributed by atoms with Crippen molar-refractivity contribution in [1.29, 1.82) is 0 Å². The predicted molar refractivity (Wildman–Crippen MR) is 136 cm³/mol. The number of fused-ring (bicyclic) bond motifs is 1. The molecule has 33 heavy (non-hydrogen) atoms. The number of urea groups is 1. The minimum atomic E-state index is -0.317. The van der Waals surface area contributed by atoms with Crippen molar-refractivity contribution >= 4 is 51.7 Å². The number of aryl methyl sites for hydroxylation is 1. The van der Waals surface area contributed by atoms with E-state index in [1.807, 2.05) is 55.4 Å². The second-order valence-corrected chi connectivity index (χ2v) is 8.36. The van der Waals surface area contributed by atoms with Crippen LogP contribution < -0.4 is 20.9 Å². The monoisotopic (exact) mass is 460 g/mol. The number of carbonyl (C=O) groups excluding carboxylic acids is 1. The average molecular weight is 461 g/mol. The maximum absolute atomic E-state index is 12.2. The number of nitrogens with zero attached hydrogens (tertiary/aromatic N) is 3. The quantitative estimate of drug-likeness (QED) is 0.333. The fraction of sp³-hybridized carbons (Fsp3) is 0.160. The zero-order valence-electron chi connectivity index (χ0n) is 18.7. The van der Waals surface area contributed by atoms with E-state index >= 15 is 0 Å². The van der Waals surface area contributed by atoms with Crippen molar-refractivity contribution in [3.8, 4) is 0 Å². The lowest BCUT2D eigenvalue weighted by Gasteiger charge is -2.15. The molecule has 0 aliphatic carbocycles. The third-order valence-corrected chi connectivity index (χ3v) is 5.27. The lowest BCUT2D eigenvalue weighted by Crippen LogP contribution is -2.19. The van der Waals surface area contributed by atoms with Gasteiger partial charge in [-0.1, -0.05) is 35.4 Å². The molecule has 4 rings (SSSR count). The Balaban J connectivity index is 1.42. The van der Waals surface area contributed by atoms with Crippen LogP contribution in [0.2, 0.25) is 5.02 Å². The van der Waals surface area contributed by atoms with E-state index in [0.717, 1.165) is 27.8 Å². The van der Waals surface area contributed by atoms with Crippen molar-refractivity contribution in [1.82, 2.24) is 9.97 Å². The smallest absolute Gasteiger partial charge is 0.323 e. The fourth-order valence-corrected chi connectivity index (χ4v) is 3.41. The molecule has 3 N–H and O–H groups in total. The predicted octanol–water partition coefficient (Wildman–Crippen LogP) is 5.91. The van der Waals surface area contributed by atoms with Crippen molar-refractivity contribution in [3.63, 3.8) is 0 Å². The Morgan fingerprint density at radius 2 is 1.55 bits per heavy atom. The summed E-state index contributed by atoms with van der Waals surface area (Å²) in [6, 6.07) is 20.4. The van der Waals surface area contributed by atoms with Gasteiger partial charge in [-0.05, 0) is 61.0 Å². The molecule has 0 fully saturated rings. The van der Waals surface area contributed by atoms with E-state index in [9.17, 15) is 4.79 Å². The lowest BCUT2D eigenvalue weighted by molar-refractivity contribution is 0.262. The fourth-order valence-electron chi connectivity index (χ4n) is 3.28. The molecule has 2 amide bonds. The Kier molecular flexibility index (Phi) is 6.60. The van der Waals surface area contributed by atoms with Crippen molar-refractivity contribution in [2.24, 2.45) is 0 Å². The van der Waals surface area contributed by atoms with E-state index in [1.165, 1.54) is 0 Å². The van der Waals surface area contributed by atoms with E-state index in [0.29, 0.717) is 28.9 Å². The zero-order chi connectivity index (χ0) is 23.4. The Hall–Kier alpha value is -3.84. The highest BCUT2D eigenvalue weighted by molar-refractivity contribution is 6.30. The minimum Gasteiger partial charge on any atom is -0.365 e. The SMILES string of the molecule is Cc1ccc2nc(N(C)C)nc(NCc3ccc(NC(=O)Nc4ccc(Cl)cc4)cc3)c2c1. The molecule has 0 radical (unpaired) electrons. The second-order valence-electron chi connectivity index (χ2n) is 7.92. The summed E-state index contributed by atoms with van der Waals surface area (Å²) in [5, 5.41) is 10.6. The molecule has 0 aliphatic rings. The van der Waals surface area contributed by atoms with Crippen LogP contribution in [0.15, 0.2) is 66.7 Å². The molecular weight excluding hydrogens is 436 g/mol. The summed E-state index contributed by atoms with van der Waals surface area (Å²) in [4.78, 5) is 23.4. The van der Waals surface area contributed by atoms with E-state index in [-0.39, 0.29) is 6.03 Å². The van der Waals surface area contributed by atoms with Gasteiger partial charge in [0.25, 0.3) is 0 Å². The molecule has 1 heterocycles. The van der Waals surface area contributed by atoms with E-state index < -0.39 is 0 Å². The molecule has 0 saturated heterocycles. The lowest BCUT2D eigenvalue weighted by atomic mass is 10.1. The summed E-state index contributed by atoms with van der Waals surface area (Å²) in [7, 11) is 3.85. The molecule has 1 aromatic heterocycles. The first kappa shape index (κ1) is 22.4. The van der Waals surface area contributed by atoms with Gasteiger partial charge in [0.2, 0.25) is 5.95 Å². The normalized spacial score (nSPS) is 10.7. The third-order valence-electron chi connectivity index (χ3n) is 5.01. The van der Waals surface area contributed by atoms with Gasteiger partial charge < -0.3 is 20.9 Å². The van der Waals surface area contributed by atoms with Crippen LogP contribution in [-0.4, -0.2) is 30.1 Å². The zero-order valence-corrected chi connectivity index (χ0v) is 19.4. The van der Waals surface area contributed by atoms with Crippen molar-refractivity contribution in [2.45, 2.75) is 13.5 Å². The van der Waals surface area contributed by atoms with Gasteiger partial charge >= 0.3 is 6.03 Å². The first-order chi connectivity index (χ1) is 15.9. The summed E-state index contributed by atoms with van der Waals surface area (Å²) >= 11 is 5.87. The van der Waals surface area contributed by atoms with E-state index in [4.69, 9.17) is 11.6 Å². The molecule has 7 nitrogen and oxygen atoms in total.